The Balaban J connectivity index is 2.36. The molecular weight excluding hydrogens is 238 g/mol. The van der Waals surface area contributed by atoms with Crippen molar-refractivity contribution in [2.75, 3.05) is 17.7 Å². The first-order chi connectivity index (χ1) is 8.61. The summed E-state index contributed by atoms with van der Waals surface area (Å²) in [5.41, 5.74) is 0.871. The molecule has 2 aromatic rings. The zero-order valence-electron chi connectivity index (χ0n) is 9.96. The first-order valence-corrected chi connectivity index (χ1v) is 5.34. The van der Waals surface area contributed by atoms with Crippen LogP contribution in [0.2, 0.25) is 0 Å². The van der Waals surface area contributed by atoms with Crippen LogP contribution in [0.5, 0.6) is 0 Å². The highest BCUT2D eigenvalue weighted by Crippen LogP contribution is 2.23. The zero-order valence-corrected chi connectivity index (χ0v) is 9.96. The Morgan fingerprint density at radius 1 is 1.17 bits per heavy atom. The van der Waals surface area contributed by atoms with Gasteiger partial charge in [-0.25, -0.2) is 13.8 Å². The van der Waals surface area contributed by atoms with E-state index in [4.69, 9.17) is 0 Å². The molecule has 0 saturated carbocycles. The van der Waals surface area contributed by atoms with Gasteiger partial charge in [-0.3, -0.25) is 0 Å². The fourth-order valence-electron chi connectivity index (χ4n) is 1.45. The van der Waals surface area contributed by atoms with Crippen LogP contribution in [0.15, 0.2) is 24.4 Å². The molecule has 0 aliphatic heterocycles. The number of halogens is 2. The second-order valence-electron chi connectivity index (χ2n) is 3.68. The molecule has 4 nitrogen and oxygen atoms in total. The van der Waals surface area contributed by atoms with Gasteiger partial charge in [-0.2, -0.15) is 4.98 Å². The van der Waals surface area contributed by atoms with E-state index in [0.29, 0.717) is 11.3 Å². The monoisotopic (exact) mass is 250 g/mol. The van der Waals surface area contributed by atoms with Crippen molar-refractivity contribution in [3.63, 3.8) is 0 Å². The molecule has 0 fully saturated rings. The second-order valence-corrected chi connectivity index (χ2v) is 3.68. The van der Waals surface area contributed by atoms with E-state index in [1.165, 1.54) is 6.07 Å². The minimum absolute atomic E-state index is 0.00282. The highest BCUT2D eigenvalue weighted by atomic mass is 19.1. The summed E-state index contributed by atoms with van der Waals surface area (Å²) in [4.78, 5) is 7.65. The fraction of sp³-hybridized carbons (Fsp3) is 0.167. The topological polar surface area (TPSA) is 49.8 Å². The van der Waals surface area contributed by atoms with E-state index < -0.39 is 5.82 Å². The van der Waals surface area contributed by atoms with Crippen molar-refractivity contribution in [3.8, 4) is 0 Å². The van der Waals surface area contributed by atoms with E-state index in [1.807, 2.05) is 0 Å². The Kier molecular flexibility index (Phi) is 3.36. The van der Waals surface area contributed by atoms with Gasteiger partial charge in [0.15, 0.2) is 11.6 Å². The molecule has 1 heterocycles. The van der Waals surface area contributed by atoms with Crippen molar-refractivity contribution >= 4 is 17.5 Å². The molecular formula is C12H12F2N4. The Labute approximate surface area is 103 Å². The maximum atomic E-state index is 13.5. The average Bonchev–Trinajstić information content (AvgIpc) is 2.37. The van der Waals surface area contributed by atoms with Crippen molar-refractivity contribution < 1.29 is 8.78 Å². The van der Waals surface area contributed by atoms with Gasteiger partial charge in [-0.1, -0.05) is 6.07 Å². The standard InChI is InChI=1S/C12H12F2N4/c1-7-8(13)4-3-5-10(7)17-11-9(14)6-16-12(15-2)18-11/h3-6H,1-2H3,(H2,15,16,17,18). The lowest BCUT2D eigenvalue weighted by atomic mass is 10.2. The number of nitrogens with zero attached hydrogens (tertiary/aromatic N) is 2. The molecule has 0 radical (unpaired) electrons. The molecule has 0 spiro atoms. The minimum atomic E-state index is -0.599. The maximum absolute atomic E-state index is 13.5. The third-order valence-electron chi connectivity index (χ3n) is 2.49. The number of benzene rings is 1. The molecule has 1 aromatic heterocycles. The summed E-state index contributed by atoms with van der Waals surface area (Å²) in [5, 5.41) is 5.45. The Morgan fingerprint density at radius 2 is 1.94 bits per heavy atom. The summed E-state index contributed by atoms with van der Waals surface area (Å²) in [5.74, 6) is -0.669. The summed E-state index contributed by atoms with van der Waals surface area (Å²) in [7, 11) is 1.63. The van der Waals surface area contributed by atoms with E-state index >= 15 is 0 Å². The number of rotatable bonds is 3. The van der Waals surface area contributed by atoms with Gasteiger partial charge in [0.05, 0.1) is 6.20 Å². The van der Waals surface area contributed by atoms with E-state index in [1.54, 1.807) is 26.1 Å². The average molecular weight is 250 g/mol. The molecule has 1 aromatic carbocycles. The molecule has 94 valence electrons. The highest BCUT2D eigenvalue weighted by molar-refractivity contribution is 5.61. The van der Waals surface area contributed by atoms with Crippen LogP contribution in [0.25, 0.3) is 0 Å². The molecule has 2 N–H and O–H groups in total. The van der Waals surface area contributed by atoms with Crippen LogP contribution in [0.3, 0.4) is 0 Å². The third-order valence-corrected chi connectivity index (χ3v) is 2.49. The maximum Gasteiger partial charge on any atom is 0.224 e. The van der Waals surface area contributed by atoms with Crippen LogP contribution < -0.4 is 10.6 Å². The molecule has 0 saturated heterocycles. The van der Waals surface area contributed by atoms with Gasteiger partial charge in [-0.05, 0) is 19.1 Å². The molecule has 0 bridgehead atoms. The summed E-state index contributed by atoms with van der Waals surface area (Å²) in [6.07, 6.45) is 1.05. The summed E-state index contributed by atoms with van der Waals surface area (Å²) in [6.45, 7) is 1.61. The molecule has 0 unspecified atom stereocenters. The van der Waals surface area contributed by atoms with Crippen LogP contribution in [0, 0.1) is 18.6 Å². The minimum Gasteiger partial charge on any atom is -0.357 e. The van der Waals surface area contributed by atoms with Gasteiger partial charge in [-0.15, -0.1) is 0 Å². The summed E-state index contributed by atoms with van der Waals surface area (Å²) < 4.78 is 26.9. The highest BCUT2D eigenvalue weighted by Gasteiger charge is 2.09. The van der Waals surface area contributed by atoms with E-state index in [0.717, 1.165) is 6.20 Å². The lowest BCUT2D eigenvalue weighted by molar-refractivity contribution is 0.616. The van der Waals surface area contributed by atoms with Crippen molar-refractivity contribution in [3.05, 3.63) is 41.6 Å². The second kappa shape index (κ2) is 4.95. The van der Waals surface area contributed by atoms with Crippen LogP contribution in [0.4, 0.5) is 26.2 Å². The predicted molar refractivity (Wildman–Crippen MR) is 66.0 cm³/mol. The van der Waals surface area contributed by atoms with Crippen LogP contribution in [-0.2, 0) is 0 Å². The predicted octanol–water partition coefficient (Wildman–Crippen LogP) is 2.85. The third kappa shape index (κ3) is 2.37. The first kappa shape index (κ1) is 12.2. The van der Waals surface area contributed by atoms with Gasteiger partial charge in [0.1, 0.15) is 5.82 Å². The van der Waals surface area contributed by atoms with Crippen LogP contribution in [0.1, 0.15) is 5.56 Å². The first-order valence-electron chi connectivity index (χ1n) is 5.34. The molecule has 0 amide bonds. The largest absolute Gasteiger partial charge is 0.357 e. The molecule has 18 heavy (non-hydrogen) atoms. The molecule has 0 aliphatic rings. The molecule has 0 atom stereocenters. The summed E-state index contributed by atoms with van der Waals surface area (Å²) in [6, 6.07) is 4.54. The van der Waals surface area contributed by atoms with Gasteiger partial charge < -0.3 is 10.6 Å². The molecule has 6 heteroatoms. The normalized spacial score (nSPS) is 10.2. The van der Waals surface area contributed by atoms with Crippen LogP contribution in [-0.4, -0.2) is 17.0 Å². The SMILES string of the molecule is CNc1ncc(F)c(Nc2cccc(F)c2C)n1. The van der Waals surface area contributed by atoms with Crippen molar-refractivity contribution in [1.82, 2.24) is 9.97 Å². The van der Waals surface area contributed by atoms with E-state index in [9.17, 15) is 8.78 Å². The Morgan fingerprint density at radius 3 is 2.67 bits per heavy atom. The van der Waals surface area contributed by atoms with Crippen molar-refractivity contribution in [1.29, 1.82) is 0 Å². The lowest BCUT2D eigenvalue weighted by Gasteiger charge is -2.10. The van der Waals surface area contributed by atoms with Gasteiger partial charge in [0.2, 0.25) is 5.95 Å². The van der Waals surface area contributed by atoms with Crippen LogP contribution >= 0.6 is 0 Å². The van der Waals surface area contributed by atoms with Crippen molar-refractivity contribution in [2.45, 2.75) is 6.92 Å². The van der Waals surface area contributed by atoms with Gasteiger partial charge in [0.25, 0.3) is 0 Å². The summed E-state index contributed by atoms with van der Waals surface area (Å²) >= 11 is 0. The number of nitrogens with one attached hydrogen (secondary N) is 2. The Bertz CT molecular complexity index is 572. The van der Waals surface area contributed by atoms with Gasteiger partial charge in [0, 0.05) is 18.3 Å². The number of hydrogen-bond acceptors (Lipinski definition) is 4. The fourth-order valence-corrected chi connectivity index (χ4v) is 1.45. The van der Waals surface area contributed by atoms with E-state index in [2.05, 4.69) is 20.6 Å². The molecule has 0 aliphatic carbocycles. The zero-order chi connectivity index (χ0) is 13.1. The van der Waals surface area contributed by atoms with Gasteiger partial charge >= 0.3 is 0 Å². The number of aromatic nitrogens is 2. The smallest absolute Gasteiger partial charge is 0.224 e. The molecule has 2 rings (SSSR count). The number of hydrogen-bond donors (Lipinski definition) is 2. The van der Waals surface area contributed by atoms with E-state index in [-0.39, 0.29) is 17.6 Å². The Hall–Kier alpha value is -2.24. The number of anilines is 3. The van der Waals surface area contributed by atoms with Crippen molar-refractivity contribution in [2.24, 2.45) is 0 Å². The lowest BCUT2D eigenvalue weighted by Crippen LogP contribution is -2.04. The quantitative estimate of drug-likeness (QED) is 0.879.